The molecule has 0 aromatic carbocycles. The molecule has 0 N–H and O–H groups in total. The minimum absolute atomic E-state index is 1.26. The molecule has 0 saturated heterocycles. The third kappa shape index (κ3) is 2.24. The van der Waals surface area contributed by atoms with Crippen LogP contribution in [0.5, 0.6) is 0 Å². The van der Waals surface area contributed by atoms with E-state index in [9.17, 15) is 0 Å². The van der Waals surface area contributed by atoms with Gasteiger partial charge in [-0.25, -0.2) is 0 Å². The van der Waals surface area contributed by atoms with E-state index in [2.05, 4.69) is 6.58 Å². The predicted octanol–water partition coefficient (Wildman–Crippen LogP) is 4.38. The van der Waals surface area contributed by atoms with Gasteiger partial charge >= 0.3 is 0 Å². The molecule has 13 heavy (non-hydrogen) atoms. The molecule has 2 saturated carbocycles. The minimum atomic E-state index is 1.26. The van der Waals surface area contributed by atoms with Gasteiger partial charge in [-0.1, -0.05) is 29.7 Å². The van der Waals surface area contributed by atoms with Gasteiger partial charge in [-0.05, 0) is 51.4 Å². The van der Waals surface area contributed by atoms with Crippen LogP contribution in [0.1, 0.15) is 57.8 Å². The van der Waals surface area contributed by atoms with Crippen molar-refractivity contribution in [2.24, 2.45) is 0 Å². The summed E-state index contributed by atoms with van der Waals surface area (Å²) < 4.78 is 0. The van der Waals surface area contributed by atoms with Crippen LogP contribution >= 0.6 is 0 Å². The molecule has 72 valence electrons. The third-order valence-electron chi connectivity index (χ3n) is 3.52. The Hall–Kier alpha value is -0.520. The highest BCUT2D eigenvalue weighted by Gasteiger charge is 2.14. The van der Waals surface area contributed by atoms with Crippen LogP contribution in [-0.4, -0.2) is 0 Å². The Bertz CT molecular complexity index is 212. The number of allylic oxidation sites excluding steroid dienone is 3. The van der Waals surface area contributed by atoms with Gasteiger partial charge < -0.3 is 0 Å². The second-order valence-corrected chi connectivity index (χ2v) is 4.52. The molecule has 0 nitrogen and oxygen atoms in total. The largest absolute Gasteiger partial charge is 0.0998 e. The summed E-state index contributed by atoms with van der Waals surface area (Å²) in [4.78, 5) is 0. The summed E-state index contributed by atoms with van der Waals surface area (Å²) in [5, 5.41) is 0. The molecule has 0 heteroatoms. The van der Waals surface area contributed by atoms with Crippen molar-refractivity contribution in [3.05, 3.63) is 23.3 Å². The topological polar surface area (TPSA) is 0 Å². The van der Waals surface area contributed by atoms with Gasteiger partial charge in [0.2, 0.25) is 0 Å². The zero-order valence-corrected chi connectivity index (χ0v) is 8.57. The molecular formula is C13H20. The first-order valence-corrected chi connectivity index (χ1v) is 5.72. The minimum Gasteiger partial charge on any atom is -0.0998 e. The summed E-state index contributed by atoms with van der Waals surface area (Å²) in [5.41, 5.74) is 5.09. The monoisotopic (exact) mass is 176 g/mol. The van der Waals surface area contributed by atoms with Gasteiger partial charge in [0.05, 0.1) is 0 Å². The molecule has 0 amide bonds. The molecule has 0 atom stereocenters. The number of rotatable bonds is 0. The van der Waals surface area contributed by atoms with Crippen molar-refractivity contribution in [1.29, 1.82) is 0 Å². The van der Waals surface area contributed by atoms with E-state index in [1.54, 1.807) is 5.57 Å². The first-order chi connectivity index (χ1) is 6.36. The summed E-state index contributed by atoms with van der Waals surface area (Å²) in [5.74, 6) is 0. The molecule has 0 heterocycles. The highest BCUT2D eigenvalue weighted by Crippen LogP contribution is 2.34. The van der Waals surface area contributed by atoms with E-state index in [0.29, 0.717) is 0 Å². The Balaban J connectivity index is 2.01. The van der Waals surface area contributed by atoms with Gasteiger partial charge in [-0.3, -0.25) is 0 Å². The molecular weight excluding hydrogens is 156 g/mol. The van der Waals surface area contributed by atoms with Gasteiger partial charge in [0, 0.05) is 0 Å². The summed E-state index contributed by atoms with van der Waals surface area (Å²) in [6.45, 7) is 4.07. The second kappa shape index (κ2) is 4.13. The smallest absolute Gasteiger partial charge is 0.0280 e. The molecule has 0 aromatic heterocycles. The lowest BCUT2D eigenvalue weighted by atomic mass is 9.83. The molecule has 0 radical (unpaired) electrons. The van der Waals surface area contributed by atoms with E-state index in [1.165, 1.54) is 63.4 Å². The fraction of sp³-hybridized carbons (Fsp3) is 0.692. The Labute approximate surface area is 81.7 Å². The van der Waals surface area contributed by atoms with Crippen LogP contribution in [-0.2, 0) is 0 Å². The molecule has 0 unspecified atom stereocenters. The van der Waals surface area contributed by atoms with Crippen molar-refractivity contribution in [1.82, 2.24) is 0 Å². The first kappa shape index (κ1) is 9.05. The quantitative estimate of drug-likeness (QED) is 0.480. The fourth-order valence-corrected chi connectivity index (χ4v) is 2.59. The van der Waals surface area contributed by atoms with E-state index in [0.717, 1.165) is 0 Å². The second-order valence-electron chi connectivity index (χ2n) is 4.52. The molecule has 0 bridgehead atoms. The maximum absolute atomic E-state index is 4.07. The average Bonchev–Trinajstić information content (AvgIpc) is 2.20. The van der Waals surface area contributed by atoms with Gasteiger partial charge in [-0.15, -0.1) is 0 Å². The Morgan fingerprint density at radius 2 is 1.15 bits per heavy atom. The summed E-state index contributed by atoms with van der Waals surface area (Å²) in [6.07, 6.45) is 12.3. The highest BCUT2D eigenvalue weighted by molar-refractivity contribution is 5.21. The van der Waals surface area contributed by atoms with E-state index < -0.39 is 0 Å². The van der Waals surface area contributed by atoms with E-state index >= 15 is 0 Å². The molecule has 2 aliphatic carbocycles. The van der Waals surface area contributed by atoms with Crippen molar-refractivity contribution in [3.8, 4) is 0 Å². The normalized spacial score (nSPS) is 25.1. The summed E-state index contributed by atoms with van der Waals surface area (Å²) >= 11 is 0. The molecule has 0 aromatic rings. The molecule has 2 rings (SSSR count). The molecule has 2 aliphatic rings. The SMILES string of the molecule is C=C1CCC(=C2CCCCC2)CC1. The van der Waals surface area contributed by atoms with Crippen molar-refractivity contribution in [3.63, 3.8) is 0 Å². The van der Waals surface area contributed by atoms with E-state index in [-0.39, 0.29) is 0 Å². The van der Waals surface area contributed by atoms with Crippen LogP contribution in [0.25, 0.3) is 0 Å². The number of hydrogen-bond donors (Lipinski definition) is 0. The van der Waals surface area contributed by atoms with Gasteiger partial charge in [0.25, 0.3) is 0 Å². The van der Waals surface area contributed by atoms with Crippen molar-refractivity contribution < 1.29 is 0 Å². The predicted molar refractivity (Wildman–Crippen MR) is 57.7 cm³/mol. The summed E-state index contributed by atoms with van der Waals surface area (Å²) in [6, 6.07) is 0. The van der Waals surface area contributed by atoms with Crippen molar-refractivity contribution in [2.45, 2.75) is 57.8 Å². The van der Waals surface area contributed by atoms with E-state index in [1.807, 2.05) is 5.57 Å². The van der Waals surface area contributed by atoms with Crippen molar-refractivity contribution in [2.75, 3.05) is 0 Å². The zero-order chi connectivity index (χ0) is 9.10. The van der Waals surface area contributed by atoms with Gasteiger partial charge in [0.1, 0.15) is 0 Å². The standard InChI is InChI=1S/C13H20/c1-11-7-9-13(10-8-11)12-5-3-2-4-6-12/h1-10H2. The molecule has 0 aliphatic heterocycles. The summed E-state index contributed by atoms with van der Waals surface area (Å²) in [7, 11) is 0. The Kier molecular flexibility index (Phi) is 2.87. The molecule has 0 spiro atoms. The lowest BCUT2D eigenvalue weighted by molar-refractivity contribution is 0.577. The zero-order valence-electron chi connectivity index (χ0n) is 8.57. The lowest BCUT2D eigenvalue weighted by Crippen LogP contribution is -2.03. The fourth-order valence-electron chi connectivity index (χ4n) is 2.59. The molecule has 2 fully saturated rings. The van der Waals surface area contributed by atoms with Crippen LogP contribution in [0.2, 0.25) is 0 Å². The average molecular weight is 176 g/mol. The van der Waals surface area contributed by atoms with Crippen molar-refractivity contribution >= 4 is 0 Å². The highest BCUT2D eigenvalue weighted by atomic mass is 14.2. The lowest BCUT2D eigenvalue weighted by Gasteiger charge is -2.23. The maximum atomic E-state index is 4.07. The number of hydrogen-bond acceptors (Lipinski definition) is 0. The first-order valence-electron chi connectivity index (χ1n) is 5.72. The third-order valence-corrected chi connectivity index (χ3v) is 3.52. The maximum Gasteiger partial charge on any atom is -0.0280 e. The van der Waals surface area contributed by atoms with E-state index in [4.69, 9.17) is 0 Å². The van der Waals surface area contributed by atoms with Crippen LogP contribution in [0.3, 0.4) is 0 Å². The Morgan fingerprint density at radius 1 is 0.615 bits per heavy atom. The van der Waals surface area contributed by atoms with Gasteiger partial charge in [-0.2, -0.15) is 0 Å². The van der Waals surface area contributed by atoms with Gasteiger partial charge in [0.15, 0.2) is 0 Å². The van der Waals surface area contributed by atoms with Crippen LogP contribution in [0.4, 0.5) is 0 Å². The van der Waals surface area contributed by atoms with Crippen LogP contribution < -0.4 is 0 Å². The van der Waals surface area contributed by atoms with Crippen LogP contribution in [0.15, 0.2) is 23.3 Å². The Morgan fingerprint density at radius 3 is 1.77 bits per heavy atom. The van der Waals surface area contributed by atoms with Crippen LogP contribution in [0, 0.1) is 0 Å².